The van der Waals surface area contributed by atoms with E-state index in [-0.39, 0.29) is 58.2 Å². The molecule has 2 atom stereocenters. The Morgan fingerprint density at radius 2 is 2.00 bits per heavy atom. The highest BCUT2D eigenvalue weighted by atomic mass is 32.2. The molecule has 0 spiro atoms. The fourth-order valence-corrected chi connectivity index (χ4v) is 6.86. The van der Waals surface area contributed by atoms with Gasteiger partial charge in [-0.15, -0.1) is 23.1 Å². The monoisotopic (exact) mass is 590 g/mol. The number of nitrogens with zero attached hydrogens (tertiary/aromatic N) is 4. The van der Waals surface area contributed by atoms with Crippen LogP contribution in [0.25, 0.3) is 0 Å². The molecule has 0 aromatic carbocycles. The molecular formula is C24H26N6O8S2. The largest absolute Gasteiger partial charge is 0.480 e. The Morgan fingerprint density at radius 1 is 1.25 bits per heavy atom. The summed E-state index contributed by atoms with van der Waals surface area (Å²) in [6.45, 7) is -0.244. The predicted octanol–water partition coefficient (Wildman–Crippen LogP) is 0.371. The normalized spacial score (nSPS) is 24.4. The molecule has 1 aromatic heterocycles. The van der Waals surface area contributed by atoms with E-state index in [1.165, 1.54) is 22.7 Å². The second kappa shape index (κ2) is 11.3. The van der Waals surface area contributed by atoms with Crippen molar-refractivity contribution in [3.63, 3.8) is 0 Å². The van der Waals surface area contributed by atoms with Crippen molar-refractivity contribution in [2.24, 2.45) is 5.16 Å². The number of nitrogen functional groups attached to an aromatic ring is 1. The number of aliphatic carboxylic acids is 2. The maximum atomic E-state index is 13.2. The molecule has 1 saturated carbocycles. The Balaban J connectivity index is 1.33. The molecule has 1 aliphatic carbocycles. The number of fused-ring (bicyclic) bond motifs is 1. The van der Waals surface area contributed by atoms with Crippen molar-refractivity contribution < 1.29 is 39.0 Å². The third kappa shape index (κ3) is 5.40. The molecule has 212 valence electrons. The van der Waals surface area contributed by atoms with Gasteiger partial charge in [-0.3, -0.25) is 24.1 Å². The summed E-state index contributed by atoms with van der Waals surface area (Å²) in [4.78, 5) is 74.1. The number of oxime groups is 1. The molecule has 0 radical (unpaired) electrons. The summed E-state index contributed by atoms with van der Waals surface area (Å²) in [6, 6.07) is -1.02. The summed E-state index contributed by atoms with van der Waals surface area (Å²) in [6.07, 6.45) is 5.21. The van der Waals surface area contributed by atoms with E-state index in [0.717, 1.165) is 41.9 Å². The maximum Gasteiger partial charge on any atom is 0.352 e. The molecular weight excluding hydrogens is 564 g/mol. The zero-order chi connectivity index (χ0) is 28.6. The van der Waals surface area contributed by atoms with Crippen LogP contribution in [0, 0.1) is 0 Å². The Morgan fingerprint density at radius 3 is 2.65 bits per heavy atom. The quantitative estimate of drug-likeness (QED) is 0.134. The second-order valence-corrected chi connectivity index (χ2v) is 11.6. The maximum absolute atomic E-state index is 13.2. The van der Waals surface area contributed by atoms with Crippen molar-refractivity contribution in [2.45, 2.75) is 49.6 Å². The lowest BCUT2D eigenvalue weighted by atomic mass is 10.0. The molecule has 3 fully saturated rings. The smallest absolute Gasteiger partial charge is 0.352 e. The molecule has 40 heavy (non-hydrogen) atoms. The molecule has 5 rings (SSSR count). The standard InChI is InChI=1S/C24H26N6O8S2/c25-24-26-14(10-40-24)16(28-38-13-3-1-2-4-13)19(33)27-17-21(35)30-18(23(36)37)12(9-39-22(17)30)7-11-5-6-29(20(11)34)8-15(31)32/h7,10,13,17,22H,1-6,8-9H2,(H2,25,26)(H,27,33)(H,31,32)(H,36,37)/b11-7+,28-16-/t17-,22-/m1/s1. The first kappa shape index (κ1) is 27.6. The number of nitrogens with two attached hydrogens (primary N) is 1. The van der Waals surface area contributed by atoms with Crippen LogP contribution in [0.2, 0.25) is 0 Å². The number of carboxylic acids is 2. The number of nitrogens with one attached hydrogen (secondary N) is 1. The van der Waals surface area contributed by atoms with Gasteiger partial charge in [0.1, 0.15) is 35.5 Å². The molecule has 0 bridgehead atoms. The lowest BCUT2D eigenvalue weighted by molar-refractivity contribution is -0.150. The molecule has 1 aromatic rings. The number of carbonyl (C=O) groups excluding carboxylic acids is 3. The van der Waals surface area contributed by atoms with Gasteiger partial charge in [0.05, 0.1) is 0 Å². The number of carbonyl (C=O) groups is 5. The Bertz CT molecular complexity index is 1360. The highest BCUT2D eigenvalue weighted by Gasteiger charge is 2.54. The summed E-state index contributed by atoms with van der Waals surface area (Å²) in [5.41, 5.74) is 6.07. The first-order valence-electron chi connectivity index (χ1n) is 12.5. The van der Waals surface area contributed by atoms with E-state index in [4.69, 9.17) is 15.7 Å². The van der Waals surface area contributed by atoms with E-state index in [1.807, 2.05) is 0 Å². The van der Waals surface area contributed by atoms with Gasteiger partial charge in [0.2, 0.25) is 5.91 Å². The third-order valence-electron chi connectivity index (χ3n) is 6.95. The van der Waals surface area contributed by atoms with Crippen molar-refractivity contribution in [1.29, 1.82) is 0 Å². The number of anilines is 1. The third-order valence-corrected chi connectivity index (χ3v) is 8.93. The van der Waals surface area contributed by atoms with Gasteiger partial charge in [-0.05, 0) is 43.8 Å². The fraction of sp³-hybridized carbons (Fsp3) is 0.458. The molecule has 14 nitrogen and oxygen atoms in total. The highest BCUT2D eigenvalue weighted by molar-refractivity contribution is 8.00. The molecule has 4 heterocycles. The first-order valence-corrected chi connectivity index (χ1v) is 14.5. The topological polar surface area (TPSA) is 205 Å². The van der Waals surface area contributed by atoms with Gasteiger partial charge in [-0.25, -0.2) is 9.78 Å². The number of thiazole rings is 1. The number of β-lactam (4-membered cyclic amide) rings is 1. The van der Waals surface area contributed by atoms with Crippen LogP contribution in [0.15, 0.2) is 33.5 Å². The average Bonchev–Trinajstić information content (AvgIpc) is 3.66. The van der Waals surface area contributed by atoms with Crippen molar-refractivity contribution >= 4 is 63.6 Å². The minimum atomic E-state index is -1.35. The number of amides is 3. The predicted molar refractivity (Wildman–Crippen MR) is 143 cm³/mol. The van der Waals surface area contributed by atoms with Crippen LogP contribution in [0.4, 0.5) is 5.13 Å². The molecule has 5 N–H and O–H groups in total. The van der Waals surface area contributed by atoms with Gasteiger partial charge in [0.25, 0.3) is 11.8 Å². The van der Waals surface area contributed by atoms with Crippen LogP contribution in [-0.2, 0) is 28.8 Å². The van der Waals surface area contributed by atoms with E-state index >= 15 is 0 Å². The molecule has 4 aliphatic rings. The van der Waals surface area contributed by atoms with E-state index in [9.17, 15) is 29.1 Å². The summed E-state index contributed by atoms with van der Waals surface area (Å²) in [5, 5.41) is 26.7. The molecule has 0 unspecified atom stereocenters. The Hall–Kier alpha value is -3.92. The van der Waals surface area contributed by atoms with Crippen LogP contribution in [-0.4, -0.2) is 96.7 Å². The van der Waals surface area contributed by atoms with Crippen molar-refractivity contribution in [3.8, 4) is 0 Å². The fourth-order valence-electron chi connectivity index (χ4n) is 5.01. The van der Waals surface area contributed by atoms with Crippen LogP contribution in [0.1, 0.15) is 37.8 Å². The van der Waals surface area contributed by atoms with Gasteiger partial charge < -0.3 is 31.0 Å². The van der Waals surface area contributed by atoms with Crippen LogP contribution >= 0.6 is 23.1 Å². The molecule has 3 amide bonds. The summed E-state index contributed by atoms with van der Waals surface area (Å²) in [7, 11) is 0. The molecule has 16 heteroatoms. The summed E-state index contributed by atoms with van der Waals surface area (Å²) < 4.78 is 0. The summed E-state index contributed by atoms with van der Waals surface area (Å²) >= 11 is 2.36. The number of thioether (sulfide) groups is 1. The van der Waals surface area contributed by atoms with Gasteiger partial charge in [0.15, 0.2) is 10.8 Å². The minimum absolute atomic E-state index is 0.118. The number of likely N-dealkylation sites (tertiary alicyclic amines) is 1. The second-order valence-electron chi connectivity index (χ2n) is 9.60. The van der Waals surface area contributed by atoms with Crippen LogP contribution in [0.5, 0.6) is 0 Å². The number of aromatic nitrogens is 1. The van der Waals surface area contributed by atoms with Gasteiger partial charge in [-0.1, -0.05) is 5.16 Å². The van der Waals surface area contributed by atoms with Crippen LogP contribution < -0.4 is 11.1 Å². The summed E-state index contributed by atoms with van der Waals surface area (Å²) in [5.74, 6) is -4.16. The van der Waals surface area contributed by atoms with E-state index in [1.54, 1.807) is 5.38 Å². The number of allylic oxidation sites excluding steroid dienone is 1. The Kier molecular flexibility index (Phi) is 7.80. The van der Waals surface area contributed by atoms with E-state index in [0.29, 0.717) is 0 Å². The van der Waals surface area contributed by atoms with Gasteiger partial charge in [-0.2, -0.15) is 0 Å². The average molecular weight is 591 g/mol. The minimum Gasteiger partial charge on any atom is -0.480 e. The lowest BCUT2D eigenvalue weighted by Gasteiger charge is -2.49. The molecule has 2 saturated heterocycles. The van der Waals surface area contributed by atoms with E-state index in [2.05, 4.69) is 15.5 Å². The van der Waals surface area contributed by atoms with Crippen molar-refractivity contribution in [2.75, 3.05) is 24.6 Å². The van der Waals surface area contributed by atoms with E-state index < -0.39 is 47.6 Å². The van der Waals surface area contributed by atoms with Crippen molar-refractivity contribution in [3.05, 3.63) is 34.0 Å². The van der Waals surface area contributed by atoms with Gasteiger partial charge in [0, 0.05) is 23.3 Å². The number of rotatable bonds is 9. The zero-order valence-corrected chi connectivity index (χ0v) is 22.7. The SMILES string of the molecule is Nc1nc(/C(=N/OC2CCCC2)C(=O)N[C@@H]2C(=O)N3C(C(=O)O)=C(/C=C4\CCN(CC(=O)O)C4=O)CS[C@H]23)cs1. The van der Waals surface area contributed by atoms with Gasteiger partial charge >= 0.3 is 11.9 Å². The van der Waals surface area contributed by atoms with Crippen molar-refractivity contribution in [1.82, 2.24) is 20.1 Å². The number of hydrogen-bond donors (Lipinski definition) is 4. The highest BCUT2D eigenvalue weighted by Crippen LogP contribution is 2.41. The molecule has 3 aliphatic heterocycles. The number of hydrogen-bond acceptors (Lipinski definition) is 11. The Labute approximate surface area is 235 Å². The van der Waals surface area contributed by atoms with Crippen LogP contribution in [0.3, 0.4) is 0 Å². The lowest BCUT2D eigenvalue weighted by Crippen LogP contribution is -2.71. The number of carboxylic acid groups (broad SMARTS) is 2. The first-order chi connectivity index (χ1) is 19.1. The zero-order valence-electron chi connectivity index (χ0n) is 21.1.